The largest absolute Gasteiger partial charge is 0.494 e. The van der Waals surface area contributed by atoms with E-state index in [-0.39, 0.29) is 0 Å². The Balaban J connectivity index is 1.53. The lowest BCUT2D eigenvalue weighted by Gasteiger charge is -2.25. The van der Waals surface area contributed by atoms with E-state index in [1.807, 2.05) is 30.3 Å². The van der Waals surface area contributed by atoms with Crippen molar-refractivity contribution in [3.8, 4) is 5.75 Å². The van der Waals surface area contributed by atoms with Gasteiger partial charge in [0.1, 0.15) is 5.75 Å². The third-order valence-corrected chi connectivity index (χ3v) is 3.83. The first kappa shape index (κ1) is 15.1. The van der Waals surface area contributed by atoms with Gasteiger partial charge in [-0.15, -0.1) is 0 Å². The number of nitrogens with one attached hydrogen (secondary N) is 1. The number of para-hydroxylation sites is 1. The second-order valence-electron chi connectivity index (χ2n) is 6.02. The fraction of sp³-hybridized carbons (Fsp3) is 0.556. The van der Waals surface area contributed by atoms with Crippen LogP contribution in [0.2, 0.25) is 0 Å². The average molecular weight is 273 g/mol. The van der Waals surface area contributed by atoms with Gasteiger partial charge in [0.15, 0.2) is 0 Å². The second-order valence-corrected chi connectivity index (χ2v) is 6.02. The van der Waals surface area contributed by atoms with Gasteiger partial charge in [-0.25, -0.2) is 0 Å². The quantitative estimate of drug-likeness (QED) is 0.598. The van der Waals surface area contributed by atoms with Crippen LogP contribution in [0.25, 0.3) is 0 Å². The van der Waals surface area contributed by atoms with Crippen LogP contribution in [-0.4, -0.2) is 19.7 Å². The highest BCUT2D eigenvalue weighted by Gasteiger charge is 2.17. The summed E-state index contributed by atoms with van der Waals surface area (Å²) >= 11 is 0. The van der Waals surface area contributed by atoms with Gasteiger partial charge in [-0.05, 0) is 63.2 Å². The first-order chi connectivity index (χ1) is 9.74. The Hall–Kier alpha value is -1.28. The van der Waals surface area contributed by atoms with E-state index < -0.39 is 0 Å². The molecular formula is C18H27NO. The van der Waals surface area contributed by atoms with E-state index in [9.17, 15) is 0 Å². The van der Waals surface area contributed by atoms with E-state index >= 15 is 0 Å². The minimum Gasteiger partial charge on any atom is -0.494 e. The van der Waals surface area contributed by atoms with Crippen molar-refractivity contribution in [2.24, 2.45) is 11.8 Å². The van der Waals surface area contributed by atoms with Crippen molar-refractivity contribution in [1.29, 1.82) is 0 Å². The molecule has 1 aromatic rings. The van der Waals surface area contributed by atoms with Crippen LogP contribution in [0.1, 0.15) is 33.1 Å². The third kappa shape index (κ3) is 5.38. The lowest BCUT2D eigenvalue weighted by atomic mass is 9.84. The molecule has 0 spiro atoms. The van der Waals surface area contributed by atoms with Crippen LogP contribution >= 0.6 is 0 Å². The maximum Gasteiger partial charge on any atom is 0.119 e. The van der Waals surface area contributed by atoms with Crippen molar-refractivity contribution in [2.45, 2.75) is 33.1 Å². The van der Waals surface area contributed by atoms with E-state index in [0.29, 0.717) is 0 Å². The molecule has 1 N–H and O–H groups in total. The molecule has 1 aromatic carbocycles. The van der Waals surface area contributed by atoms with Crippen molar-refractivity contribution >= 4 is 0 Å². The van der Waals surface area contributed by atoms with E-state index in [2.05, 4.69) is 25.2 Å². The van der Waals surface area contributed by atoms with Gasteiger partial charge < -0.3 is 10.1 Å². The van der Waals surface area contributed by atoms with Crippen LogP contribution in [-0.2, 0) is 0 Å². The maximum absolute atomic E-state index is 5.68. The zero-order chi connectivity index (χ0) is 14.2. The molecule has 1 aliphatic carbocycles. The molecule has 20 heavy (non-hydrogen) atoms. The second kappa shape index (κ2) is 8.11. The molecule has 0 fully saturated rings. The first-order valence-corrected chi connectivity index (χ1v) is 7.80. The summed E-state index contributed by atoms with van der Waals surface area (Å²) in [5.41, 5.74) is 1.56. The molecule has 0 saturated heterocycles. The zero-order valence-corrected chi connectivity index (χ0v) is 12.8. The van der Waals surface area contributed by atoms with Gasteiger partial charge >= 0.3 is 0 Å². The molecular weight excluding hydrogens is 246 g/mol. The number of allylic oxidation sites excluding steroid dienone is 2. The van der Waals surface area contributed by atoms with Gasteiger partial charge in [-0.1, -0.05) is 36.8 Å². The first-order valence-electron chi connectivity index (χ1n) is 7.80. The standard InChI is InChI=1S/C18H27NO/c1-15-11-16(2)13-17(12-15)14-19-9-6-10-20-18-7-4-3-5-8-18/h3-5,7-8,11,15,17,19H,6,9-10,12-14H2,1-2H3. The summed E-state index contributed by atoms with van der Waals surface area (Å²) < 4.78 is 5.68. The summed E-state index contributed by atoms with van der Waals surface area (Å²) in [7, 11) is 0. The molecule has 110 valence electrons. The highest BCUT2D eigenvalue weighted by atomic mass is 16.5. The van der Waals surface area contributed by atoms with Crippen molar-refractivity contribution in [3.05, 3.63) is 42.0 Å². The summed E-state index contributed by atoms with van der Waals surface area (Å²) in [6.07, 6.45) is 6.07. The molecule has 2 unspecified atom stereocenters. The number of hydrogen-bond donors (Lipinski definition) is 1. The fourth-order valence-corrected chi connectivity index (χ4v) is 3.05. The summed E-state index contributed by atoms with van der Waals surface area (Å²) in [4.78, 5) is 0. The molecule has 2 rings (SSSR count). The van der Waals surface area contributed by atoms with Gasteiger partial charge in [-0.2, -0.15) is 0 Å². The molecule has 0 saturated carbocycles. The Bertz CT molecular complexity index is 413. The van der Waals surface area contributed by atoms with Crippen molar-refractivity contribution in [2.75, 3.05) is 19.7 Å². The normalized spacial score (nSPS) is 22.4. The lowest BCUT2D eigenvalue weighted by molar-refractivity contribution is 0.303. The van der Waals surface area contributed by atoms with Crippen molar-refractivity contribution < 1.29 is 4.74 Å². The molecule has 0 aromatic heterocycles. The van der Waals surface area contributed by atoms with Crippen LogP contribution in [0.3, 0.4) is 0 Å². The fourth-order valence-electron chi connectivity index (χ4n) is 3.05. The Labute approximate surface area is 123 Å². The number of rotatable bonds is 7. The van der Waals surface area contributed by atoms with Gasteiger partial charge in [0.05, 0.1) is 6.61 Å². The Kier molecular flexibility index (Phi) is 6.13. The minimum absolute atomic E-state index is 0.747. The average Bonchev–Trinajstić information content (AvgIpc) is 2.43. The van der Waals surface area contributed by atoms with E-state index in [1.54, 1.807) is 5.57 Å². The van der Waals surface area contributed by atoms with E-state index in [0.717, 1.165) is 43.7 Å². The van der Waals surface area contributed by atoms with Gasteiger partial charge in [0.25, 0.3) is 0 Å². The van der Waals surface area contributed by atoms with Gasteiger partial charge in [0.2, 0.25) is 0 Å². The smallest absolute Gasteiger partial charge is 0.119 e. The molecule has 0 heterocycles. The van der Waals surface area contributed by atoms with Crippen LogP contribution in [0, 0.1) is 11.8 Å². The van der Waals surface area contributed by atoms with Crippen molar-refractivity contribution in [3.63, 3.8) is 0 Å². The Morgan fingerprint density at radius 3 is 2.80 bits per heavy atom. The monoisotopic (exact) mass is 273 g/mol. The Morgan fingerprint density at radius 2 is 2.05 bits per heavy atom. The predicted octanol–water partition coefficient (Wildman–Crippen LogP) is 4.04. The topological polar surface area (TPSA) is 21.3 Å². The van der Waals surface area contributed by atoms with Crippen molar-refractivity contribution in [1.82, 2.24) is 5.32 Å². The number of hydrogen-bond acceptors (Lipinski definition) is 2. The summed E-state index contributed by atoms with van der Waals surface area (Å²) in [6, 6.07) is 10.0. The molecule has 0 aliphatic heterocycles. The molecule has 0 amide bonds. The Morgan fingerprint density at radius 1 is 1.25 bits per heavy atom. The summed E-state index contributed by atoms with van der Waals surface area (Å²) in [6.45, 7) is 7.55. The molecule has 1 aliphatic rings. The number of ether oxygens (including phenoxy) is 1. The van der Waals surface area contributed by atoms with E-state index in [4.69, 9.17) is 4.74 Å². The molecule has 2 atom stereocenters. The number of benzene rings is 1. The molecule has 2 nitrogen and oxygen atoms in total. The predicted molar refractivity (Wildman–Crippen MR) is 85.1 cm³/mol. The van der Waals surface area contributed by atoms with Gasteiger partial charge in [0, 0.05) is 0 Å². The minimum atomic E-state index is 0.747. The van der Waals surface area contributed by atoms with Crippen LogP contribution < -0.4 is 10.1 Å². The lowest BCUT2D eigenvalue weighted by Crippen LogP contribution is -2.27. The molecule has 0 radical (unpaired) electrons. The molecule has 0 bridgehead atoms. The van der Waals surface area contributed by atoms with Gasteiger partial charge in [-0.3, -0.25) is 0 Å². The summed E-state index contributed by atoms with van der Waals surface area (Å²) in [5, 5.41) is 3.58. The van der Waals surface area contributed by atoms with Crippen LogP contribution in [0.4, 0.5) is 0 Å². The van der Waals surface area contributed by atoms with Crippen LogP contribution in [0.5, 0.6) is 5.75 Å². The SMILES string of the molecule is CC1=CC(C)CC(CNCCCOc2ccccc2)C1. The third-order valence-electron chi connectivity index (χ3n) is 3.83. The summed E-state index contributed by atoms with van der Waals surface area (Å²) in [5.74, 6) is 2.52. The van der Waals surface area contributed by atoms with E-state index in [1.165, 1.54) is 12.8 Å². The maximum atomic E-state index is 5.68. The zero-order valence-electron chi connectivity index (χ0n) is 12.8. The highest BCUT2D eigenvalue weighted by Crippen LogP contribution is 2.27. The highest BCUT2D eigenvalue weighted by molar-refractivity contribution is 5.20. The van der Waals surface area contributed by atoms with Crippen LogP contribution in [0.15, 0.2) is 42.0 Å². The molecule has 2 heteroatoms.